The van der Waals surface area contributed by atoms with Crippen molar-refractivity contribution in [3.05, 3.63) is 52.9 Å². The highest BCUT2D eigenvalue weighted by Crippen LogP contribution is 2.14. The summed E-state index contributed by atoms with van der Waals surface area (Å²) >= 11 is 0. The maximum atomic E-state index is 6.02. The fourth-order valence-corrected chi connectivity index (χ4v) is 4.16. The van der Waals surface area contributed by atoms with Gasteiger partial charge in [0.15, 0.2) is 5.96 Å². The average molecular weight is 442 g/mol. The van der Waals surface area contributed by atoms with Crippen LogP contribution in [0.15, 0.2) is 39.8 Å². The first-order chi connectivity index (χ1) is 15.7. The van der Waals surface area contributed by atoms with Gasteiger partial charge in [-0.05, 0) is 30.9 Å². The molecular weight excluding hydrogens is 406 g/mol. The Labute approximate surface area is 190 Å². The van der Waals surface area contributed by atoms with Crippen LogP contribution >= 0.6 is 0 Å². The minimum atomic E-state index is 0.328. The molecule has 0 radical (unpaired) electrons. The van der Waals surface area contributed by atoms with E-state index in [0.29, 0.717) is 12.7 Å². The lowest BCUT2D eigenvalue weighted by atomic mass is 10.1. The number of rotatable bonds is 7. The van der Waals surface area contributed by atoms with Gasteiger partial charge in [-0.1, -0.05) is 29.4 Å². The number of nitrogens with one attached hydrogen (secondary N) is 1. The van der Waals surface area contributed by atoms with Gasteiger partial charge in [0.05, 0.1) is 18.4 Å². The van der Waals surface area contributed by atoms with Crippen LogP contribution < -0.4 is 5.32 Å². The molecule has 0 unspecified atom stereocenters. The molecule has 1 N–H and O–H groups in total. The first kappa shape index (κ1) is 22.8. The van der Waals surface area contributed by atoms with Crippen molar-refractivity contribution in [1.29, 1.82) is 0 Å². The van der Waals surface area contributed by atoms with E-state index >= 15 is 0 Å². The fourth-order valence-electron chi connectivity index (χ4n) is 4.16. The molecule has 1 aromatic carbocycles. The minimum absolute atomic E-state index is 0.328. The van der Waals surface area contributed by atoms with Crippen LogP contribution in [-0.4, -0.2) is 73.5 Å². The Hall–Kier alpha value is -2.42. The lowest BCUT2D eigenvalue weighted by molar-refractivity contribution is -0.0390. The van der Waals surface area contributed by atoms with E-state index in [1.165, 1.54) is 11.1 Å². The number of guanidine groups is 1. The number of benzene rings is 1. The highest BCUT2D eigenvalue weighted by atomic mass is 16.5. The molecule has 0 spiro atoms. The predicted molar refractivity (Wildman–Crippen MR) is 123 cm³/mol. The van der Waals surface area contributed by atoms with Crippen LogP contribution in [0.2, 0.25) is 0 Å². The number of ether oxygens (including phenoxy) is 2. The molecule has 4 rings (SSSR count). The third kappa shape index (κ3) is 6.54. The Balaban J connectivity index is 1.19. The molecule has 32 heavy (non-hydrogen) atoms. The molecule has 0 saturated carbocycles. The summed E-state index contributed by atoms with van der Waals surface area (Å²) in [5, 5.41) is 7.62. The second kappa shape index (κ2) is 11.4. The van der Waals surface area contributed by atoms with Gasteiger partial charge < -0.3 is 24.2 Å². The van der Waals surface area contributed by atoms with Crippen LogP contribution in [0, 0.1) is 6.92 Å². The van der Waals surface area contributed by atoms with E-state index in [-0.39, 0.29) is 0 Å². The second-order valence-corrected chi connectivity index (χ2v) is 8.53. The van der Waals surface area contributed by atoms with Gasteiger partial charge in [0.25, 0.3) is 0 Å². The number of aromatic nitrogens is 1. The van der Waals surface area contributed by atoms with Gasteiger partial charge in [0.2, 0.25) is 0 Å². The highest BCUT2D eigenvalue weighted by molar-refractivity contribution is 5.80. The quantitative estimate of drug-likeness (QED) is 0.523. The summed E-state index contributed by atoms with van der Waals surface area (Å²) in [5.74, 6) is 1.82. The number of hydrogen-bond donors (Lipinski definition) is 1. The molecule has 2 aromatic rings. The topological polar surface area (TPSA) is 75.4 Å². The first-order valence-electron chi connectivity index (χ1n) is 11.6. The van der Waals surface area contributed by atoms with E-state index in [2.05, 4.69) is 49.5 Å². The summed E-state index contributed by atoms with van der Waals surface area (Å²) in [5.41, 5.74) is 3.45. The van der Waals surface area contributed by atoms with Crippen LogP contribution in [0.25, 0.3) is 0 Å². The van der Waals surface area contributed by atoms with Crippen molar-refractivity contribution in [2.75, 3.05) is 46.4 Å². The van der Waals surface area contributed by atoms with Crippen molar-refractivity contribution in [3.63, 3.8) is 0 Å². The van der Waals surface area contributed by atoms with Gasteiger partial charge in [0, 0.05) is 65.6 Å². The Kier molecular flexibility index (Phi) is 8.14. The minimum Gasteiger partial charge on any atom is -0.381 e. The van der Waals surface area contributed by atoms with Crippen LogP contribution in [0.4, 0.5) is 0 Å². The van der Waals surface area contributed by atoms with E-state index in [1.54, 1.807) is 0 Å². The van der Waals surface area contributed by atoms with Crippen molar-refractivity contribution in [2.24, 2.45) is 4.99 Å². The molecule has 1 aromatic heterocycles. The molecule has 174 valence electrons. The Morgan fingerprint density at radius 1 is 1.12 bits per heavy atom. The monoisotopic (exact) mass is 441 g/mol. The van der Waals surface area contributed by atoms with Crippen molar-refractivity contribution in [3.8, 4) is 0 Å². The maximum absolute atomic E-state index is 6.02. The first-order valence-corrected chi connectivity index (χ1v) is 11.6. The molecule has 0 atom stereocenters. The fraction of sp³-hybridized carbons (Fsp3) is 0.583. The largest absolute Gasteiger partial charge is 0.381 e. The molecule has 3 heterocycles. The van der Waals surface area contributed by atoms with E-state index in [0.717, 1.165) is 82.7 Å². The Morgan fingerprint density at radius 2 is 1.84 bits per heavy atom. The number of aliphatic imine (C=N–C) groups is 1. The molecule has 0 bridgehead atoms. The van der Waals surface area contributed by atoms with Gasteiger partial charge in [-0.15, -0.1) is 0 Å². The van der Waals surface area contributed by atoms with Crippen molar-refractivity contribution in [2.45, 2.75) is 45.6 Å². The summed E-state index contributed by atoms with van der Waals surface area (Å²) in [7, 11) is 1.85. The van der Waals surface area contributed by atoms with E-state index in [9.17, 15) is 0 Å². The van der Waals surface area contributed by atoms with Crippen molar-refractivity contribution < 1.29 is 14.0 Å². The number of piperazine rings is 1. The predicted octanol–water partition coefficient (Wildman–Crippen LogP) is 2.57. The molecule has 8 heteroatoms. The molecular formula is C24H35N5O3. The van der Waals surface area contributed by atoms with Crippen molar-refractivity contribution in [1.82, 2.24) is 20.3 Å². The molecule has 2 aliphatic rings. The summed E-state index contributed by atoms with van der Waals surface area (Å²) in [6, 6.07) is 10.7. The smallest absolute Gasteiger partial charge is 0.194 e. The van der Waals surface area contributed by atoms with Crippen LogP contribution in [0.5, 0.6) is 0 Å². The number of nitrogens with zero attached hydrogens (tertiary/aromatic N) is 4. The van der Waals surface area contributed by atoms with Gasteiger partial charge in [-0.3, -0.25) is 9.89 Å². The van der Waals surface area contributed by atoms with E-state index in [4.69, 9.17) is 14.0 Å². The standard InChI is InChI=1S/C24H35N5O3/c1-19-15-22(27-32-19)17-28-9-11-29(12-10-28)24(25-2)26-16-20-3-5-21(6-4-20)18-31-23-7-13-30-14-8-23/h3-6,15,23H,7-14,16-18H2,1-2H3,(H,25,26). The average Bonchev–Trinajstić information content (AvgIpc) is 3.25. The van der Waals surface area contributed by atoms with Crippen molar-refractivity contribution >= 4 is 5.96 Å². The lowest BCUT2D eigenvalue weighted by Gasteiger charge is -2.36. The van der Waals surface area contributed by atoms with Crippen LogP contribution in [0.1, 0.15) is 35.4 Å². The normalized spacial score (nSPS) is 18.8. The third-order valence-corrected chi connectivity index (χ3v) is 6.07. The summed E-state index contributed by atoms with van der Waals surface area (Å²) < 4.78 is 16.6. The van der Waals surface area contributed by atoms with Crippen LogP contribution in [0.3, 0.4) is 0 Å². The second-order valence-electron chi connectivity index (χ2n) is 8.53. The van der Waals surface area contributed by atoms with E-state index in [1.807, 2.05) is 20.0 Å². The molecule has 2 fully saturated rings. The number of aryl methyl sites for hydroxylation is 1. The highest BCUT2D eigenvalue weighted by Gasteiger charge is 2.20. The molecule has 2 saturated heterocycles. The molecule has 0 aliphatic carbocycles. The lowest BCUT2D eigenvalue weighted by Crippen LogP contribution is -2.52. The number of hydrogen-bond acceptors (Lipinski definition) is 6. The zero-order valence-electron chi connectivity index (χ0n) is 19.3. The maximum Gasteiger partial charge on any atom is 0.194 e. The molecule has 0 amide bonds. The summed E-state index contributed by atoms with van der Waals surface area (Å²) in [4.78, 5) is 9.22. The Morgan fingerprint density at radius 3 is 2.50 bits per heavy atom. The molecule has 2 aliphatic heterocycles. The zero-order chi connectivity index (χ0) is 22.2. The summed E-state index contributed by atoms with van der Waals surface area (Å²) in [6.07, 6.45) is 2.32. The SMILES string of the molecule is CN=C(NCc1ccc(COC2CCOCC2)cc1)N1CCN(Cc2cc(C)on2)CC1. The van der Waals surface area contributed by atoms with Crippen LogP contribution in [-0.2, 0) is 29.2 Å². The van der Waals surface area contributed by atoms with Gasteiger partial charge in [0.1, 0.15) is 5.76 Å². The third-order valence-electron chi connectivity index (χ3n) is 6.07. The van der Waals surface area contributed by atoms with Gasteiger partial charge in [-0.25, -0.2) is 0 Å². The summed E-state index contributed by atoms with van der Waals surface area (Å²) in [6.45, 7) is 9.66. The molecule has 8 nitrogen and oxygen atoms in total. The van der Waals surface area contributed by atoms with E-state index < -0.39 is 0 Å². The zero-order valence-corrected chi connectivity index (χ0v) is 19.3. The van der Waals surface area contributed by atoms with Gasteiger partial charge >= 0.3 is 0 Å². The Bertz CT molecular complexity index is 853. The van der Waals surface area contributed by atoms with Gasteiger partial charge in [-0.2, -0.15) is 0 Å².